The molecule has 0 aliphatic heterocycles. The number of rotatable bonds is 4. The standard InChI is InChI=1S/C7H7F2NO.C7H5F2NO.CH4.B.Na.H2.H/c2*8-7(9)6-2-1-5(4-11)3-10-6;;;;;/h1-3,7,11H,4H2;1-4,7H;1H4;;;1H;/q;;;;+1;;-1/i;;;;;1+1;. The van der Waals surface area contributed by atoms with Gasteiger partial charge in [-0.3, -0.25) is 14.8 Å². The molecule has 10 heteroatoms. The zero-order chi connectivity index (χ0) is 16.5. The molecule has 2 aromatic heterocycles. The molecule has 25 heavy (non-hydrogen) atoms. The molecular weight excluding hydrogens is 350 g/mol. The molecule has 1 N–H and O–H groups in total. The Morgan fingerprint density at radius 2 is 1.52 bits per heavy atom. The van der Waals surface area contributed by atoms with E-state index < -0.39 is 12.9 Å². The number of pyridine rings is 2. The Labute approximate surface area is 170 Å². The number of aliphatic hydroxyl groups is 1. The van der Waals surface area contributed by atoms with Gasteiger partial charge < -0.3 is 6.53 Å². The normalized spacial score (nSPS) is 9.08. The minimum absolute atomic E-state index is 0. The van der Waals surface area contributed by atoms with Crippen molar-refractivity contribution >= 4 is 14.7 Å². The fourth-order valence-corrected chi connectivity index (χ4v) is 1.27. The van der Waals surface area contributed by atoms with Crippen molar-refractivity contribution in [2.24, 2.45) is 0 Å². The van der Waals surface area contributed by atoms with Crippen LogP contribution in [0, 0.1) is 0 Å². The molecule has 2 aromatic rings. The van der Waals surface area contributed by atoms with Gasteiger partial charge in [-0.05, 0) is 23.8 Å². The van der Waals surface area contributed by atoms with Gasteiger partial charge >= 0.3 is 29.6 Å². The fraction of sp³-hybridized carbons (Fsp3) is 0.267. The third-order valence-corrected chi connectivity index (χ3v) is 2.42. The summed E-state index contributed by atoms with van der Waals surface area (Å²) in [4.78, 5) is 16.9. The Morgan fingerprint density at radius 3 is 1.80 bits per heavy atom. The summed E-state index contributed by atoms with van der Waals surface area (Å²) in [5, 5.41) is 8.54. The van der Waals surface area contributed by atoms with E-state index in [1.54, 1.807) is 0 Å². The molecule has 0 aliphatic rings. The molecule has 4 nitrogen and oxygen atoms in total. The predicted octanol–water partition coefficient (Wildman–Crippen LogP) is 0.961. The van der Waals surface area contributed by atoms with Crippen LogP contribution in [-0.2, 0) is 6.61 Å². The van der Waals surface area contributed by atoms with E-state index in [0.717, 1.165) is 12.3 Å². The van der Waals surface area contributed by atoms with Crippen LogP contribution in [0.4, 0.5) is 17.6 Å². The van der Waals surface area contributed by atoms with E-state index >= 15 is 0 Å². The van der Waals surface area contributed by atoms with Crippen LogP contribution in [0.3, 0.4) is 0 Å². The number of hydrogen-bond donors (Lipinski definition) is 1. The van der Waals surface area contributed by atoms with Gasteiger partial charge in [0.25, 0.3) is 12.9 Å². The van der Waals surface area contributed by atoms with Crippen molar-refractivity contribution in [2.75, 3.05) is 0 Å². The monoisotopic (exact) mass is 370 g/mol. The van der Waals surface area contributed by atoms with E-state index in [1.807, 2.05) is 0 Å². The minimum atomic E-state index is -2.57. The van der Waals surface area contributed by atoms with Crippen LogP contribution >= 0.6 is 0 Å². The van der Waals surface area contributed by atoms with Gasteiger partial charge in [-0.1, -0.05) is 13.5 Å². The maximum Gasteiger partial charge on any atom is 1.00 e. The average Bonchev–Trinajstić information content (AvgIpc) is 2.55. The molecule has 0 aromatic carbocycles. The maximum atomic E-state index is 11.9. The number of carbonyl (C=O) groups excluding carboxylic acids is 1. The molecule has 0 saturated heterocycles. The number of alkyl halides is 4. The topological polar surface area (TPSA) is 63.1 Å². The third-order valence-electron chi connectivity index (χ3n) is 2.42. The first kappa shape index (κ1) is 28.5. The minimum Gasteiger partial charge on any atom is -1.00 e. The van der Waals surface area contributed by atoms with Crippen molar-refractivity contribution in [3.05, 3.63) is 59.2 Å². The van der Waals surface area contributed by atoms with Crippen LogP contribution in [0.25, 0.3) is 0 Å². The Balaban J connectivity index is -0.000000101. The summed E-state index contributed by atoms with van der Waals surface area (Å²) < 4.78 is 47.5. The van der Waals surface area contributed by atoms with E-state index in [1.165, 1.54) is 24.4 Å². The van der Waals surface area contributed by atoms with Crippen LogP contribution in [0.15, 0.2) is 36.7 Å². The number of hydrogen-bond acceptors (Lipinski definition) is 4. The smallest absolute Gasteiger partial charge is 1.00 e. The summed E-state index contributed by atoms with van der Waals surface area (Å²) in [7, 11) is 0. The van der Waals surface area contributed by atoms with Gasteiger partial charge in [-0.15, -0.1) is 0 Å². The summed E-state index contributed by atoms with van der Waals surface area (Å²) in [6.45, 7) is -0.170. The molecule has 0 aliphatic carbocycles. The first-order valence-electron chi connectivity index (χ1n) is 6.01. The maximum absolute atomic E-state index is 11.9. The summed E-state index contributed by atoms with van der Waals surface area (Å²) in [5.74, 6) is 0. The second kappa shape index (κ2) is 15.0. The molecule has 0 fully saturated rings. The van der Waals surface area contributed by atoms with Crippen LogP contribution in [0.1, 0.15) is 50.4 Å². The fourth-order valence-electron chi connectivity index (χ4n) is 1.27. The molecule has 0 unspecified atom stereocenters. The molecule has 0 atom stereocenters. The molecule has 0 spiro atoms. The Hall–Kier alpha value is -1.29. The first-order chi connectivity index (χ1) is 10.5. The quantitative estimate of drug-likeness (QED) is 0.495. The molecule has 133 valence electrons. The number of aliphatic hydroxyl groups excluding tert-OH is 1. The van der Waals surface area contributed by atoms with Crippen molar-refractivity contribution in [1.29, 1.82) is 0 Å². The van der Waals surface area contributed by atoms with Crippen molar-refractivity contribution in [3.63, 3.8) is 0 Å². The summed E-state index contributed by atoms with van der Waals surface area (Å²) in [5.41, 5.74) is 0.265. The molecule has 0 saturated carbocycles. The zero-order valence-electron chi connectivity index (χ0n) is 13.7. The van der Waals surface area contributed by atoms with Gasteiger partial charge in [0.2, 0.25) is 0 Å². The van der Waals surface area contributed by atoms with Crippen LogP contribution in [-0.4, -0.2) is 29.8 Å². The van der Waals surface area contributed by atoms with Gasteiger partial charge in [0.15, 0.2) is 6.29 Å². The van der Waals surface area contributed by atoms with E-state index in [4.69, 9.17) is 5.11 Å². The van der Waals surface area contributed by atoms with E-state index in [9.17, 15) is 22.4 Å². The number of halogens is 4. The summed E-state index contributed by atoms with van der Waals surface area (Å²) in [6, 6.07) is 5.07. The Bertz CT molecular complexity index is 597. The van der Waals surface area contributed by atoms with Crippen LogP contribution in [0.2, 0.25) is 0 Å². The first-order valence-corrected chi connectivity index (χ1v) is 6.01. The van der Waals surface area contributed by atoms with Crippen molar-refractivity contribution < 1.29 is 59.9 Å². The van der Waals surface area contributed by atoms with E-state index in [2.05, 4.69) is 9.97 Å². The van der Waals surface area contributed by atoms with Crippen molar-refractivity contribution in [2.45, 2.75) is 26.9 Å². The second-order valence-electron chi connectivity index (χ2n) is 3.99. The molecule has 0 bridgehead atoms. The zero-order valence-corrected chi connectivity index (χ0v) is 14.7. The summed E-state index contributed by atoms with van der Waals surface area (Å²) in [6.07, 6.45) is -2.20. The second-order valence-corrected chi connectivity index (χ2v) is 3.99. The number of aromatic nitrogens is 2. The Kier molecular flexibility index (Phi) is 17.1. The van der Waals surface area contributed by atoms with Crippen LogP contribution < -0.4 is 29.6 Å². The predicted molar refractivity (Wildman–Crippen MR) is 85.4 cm³/mol. The molecule has 0 amide bonds. The van der Waals surface area contributed by atoms with Crippen molar-refractivity contribution in [3.8, 4) is 0 Å². The molecular formula is C15H19BF4N2NaO2. The number of aldehydes is 1. The number of carbonyl (C=O) groups is 1. The van der Waals surface area contributed by atoms with Crippen molar-refractivity contribution in [1.82, 2.24) is 9.97 Å². The van der Waals surface area contributed by atoms with Gasteiger partial charge in [-0.2, -0.15) is 0 Å². The average molecular weight is 370 g/mol. The van der Waals surface area contributed by atoms with Gasteiger partial charge in [0.1, 0.15) is 11.4 Å². The van der Waals surface area contributed by atoms with Gasteiger partial charge in [-0.25, -0.2) is 17.6 Å². The SMILES string of the molecule is C.O=Cc1ccc(C(F)F)nc1.OCc1ccc(C(F)F)nc1.[2HH].[B].[H-].[Na+]. The molecule has 3 radical (unpaired) electrons. The van der Waals surface area contributed by atoms with Crippen LogP contribution in [0.5, 0.6) is 0 Å². The van der Waals surface area contributed by atoms with Gasteiger partial charge in [0, 0.05) is 27.8 Å². The molecule has 2 heterocycles. The number of nitrogens with zero attached hydrogens (tertiary/aromatic N) is 2. The molecule has 2 rings (SSSR count). The van der Waals surface area contributed by atoms with E-state index in [-0.39, 0.29) is 66.2 Å². The summed E-state index contributed by atoms with van der Waals surface area (Å²) >= 11 is 0. The largest absolute Gasteiger partial charge is 1.00 e. The Morgan fingerprint density at radius 1 is 1.04 bits per heavy atom. The third kappa shape index (κ3) is 10.3. The van der Waals surface area contributed by atoms with Gasteiger partial charge in [0.05, 0.1) is 6.61 Å². The van der Waals surface area contributed by atoms with E-state index in [0.29, 0.717) is 17.4 Å².